The lowest BCUT2D eigenvalue weighted by Gasteiger charge is -2.46. The van der Waals surface area contributed by atoms with Crippen molar-refractivity contribution in [2.24, 2.45) is 11.3 Å². The Hall–Kier alpha value is -0.0800. The minimum atomic E-state index is 0.578. The lowest BCUT2D eigenvalue weighted by Crippen LogP contribution is -2.52. The van der Waals surface area contributed by atoms with E-state index in [2.05, 4.69) is 31.0 Å². The molecule has 2 saturated carbocycles. The van der Waals surface area contributed by atoms with Crippen molar-refractivity contribution < 1.29 is 0 Å². The molecule has 0 radical (unpaired) electrons. The van der Waals surface area contributed by atoms with Gasteiger partial charge in [0.15, 0.2) is 0 Å². The molecule has 3 atom stereocenters. The summed E-state index contributed by atoms with van der Waals surface area (Å²) < 4.78 is 0. The fraction of sp³-hybridized carbons (Fsp3) is 1.00. The molecule has 2 nitrogen and oxygen atoms in total. The van der Waals surface area contributed by atoms with Gasteiger partial charge in [-0.05, 0) is 62.8 Å². The van der Waals surface area contributed by atoms with Crippen molar-refractivity contribution in [2.45, 2.75) is 90.3 Å². The van der Waals surface area contributed by atoms with E-state index < -0.39 is 0 Å². The number of piperidine rings is 1. The number of hydrogen-bond acceptors (Lipinski definition) is 2. The smallest absolute Gasteiger partial charge is 0.0195 e. The fourth-order valence-corrected chi connectivity index (χ4v) is 4.72. The maximum Gasteiger partial charge on any atom is 0.0195 e. The highest BCUT2D eigenvalue weighted by atomic mass is 15.2. The molecule has 0 amide bonds. The van der Waals surface area contributed by atoms with Gasteiger partial charge in [-0.3, -0.25) is 4.90 Å². The van der Waals surface area contributed by atoms with Gasteiger partial charge in [-0.15, -0.1) is 0 Å². The molecule has 0 aromatic rings. The molecule has 2 heteroatoms. The number of nitrogens with zero attached hydrogens (tertiary/aromatic N) is 1. The summed E-state index contributed by atoms with van der Waals surface area (Å²) in [5.74, 6) is 0.878. The lowest BCUT2D eigenvalue weighted by molar-refractivity contribution is 0.0461. The maximum absolute atomic E-state index is 3.76. The van der Waals surface area contributed by atoms with E-state index >= 15 is 0 Å². The van der Waals surface area contributed by atoms with Crippen molar-refractivity contribution in [1.29, 1.82) is 0 Å². The molecule has 0 aromatic heterocycles. The summed E-state index contributed by atoms with van der Waals surface area (Å²) in [4.78, 5) is 2.92. The van der Waals surface area contributed by atoms with Crippen LogP contribution in [-0.4, -0.2) is 36.1 Å². The third kappa shape index (κ3) is 3.57. The summed E-state index contributed by atoms with van der Waals surface area (Å²) in [5.41, 5.74) is 0.578. The zero-order chi connectivity index (χ0) is 14.2. The third-order valence-corrected chi connectivity index (χ3v) is 5.93. The molecule has 1 aliphatic heterocycles. The Kier molecular flexibility index (Phi) is 4.42. The molecule has 3 fully saturated rings. The molecular formula is C18H34N2. The first-order chi connectivity index (χ1) is 9.55. The van der Waals surface area contributed by atoms with E-state index in [0.29, 0.717) is 5.41 Å². The van der Waals surface area contributed by atoms with Crippen molar-refractivity contribution in [3.05, 3.63) is 0 Å². The van der Waals surface area contributed by atoms with Crippen molar-refractivity contribution in [3.63, 3.8) is 0 Å². The highest BCUT2D eigenvalue weighted by Crippen LogP contribution is 2.43. The van der Waals surface area contributed by atoms with Crippen LogP contribution >= 0.6 is 0 Å². The van der Waals surface area contributed by atoms with E-state index in [1.54, 1.807) is 0 Å². The molecule has 20 heavy (non-hydrogen) atoms. The Morgan fingerprint density at radius 3 is 2.50 bits per heavy atom. The topological polar surface area (TPSA) is 15.3 Å². The summed E-state index contributed by atoms with van der Waals surface area (Å²) in [6, 6.07) is 2.55. The van der Waals surface area contributed by atoms with E-state index in [4.69, 9.17) is 0 Å². The standard InChI is InChI=1S/C18H34N2/c1-14-12-18(2,3)10-9-17(14)20(16-7-8-16)13-15-6-4-5-11-19-15/h14-17,19H,4-13H2,1-3H3. The van der Waals surface area contributed by atoms with Crippen LogP contribution in [0.2, 0.25) is 0 Å². The normalized spacial score (nSPS) is 38.1. The average Bonchev–Trinajstić information content (AvgIpc) is 3.21. The van der Waals surface area contributed by atoms with Gasteiger partial charge in [0.1, 0.15) is 0 Å². The molecular weight excluding hydrogens is 244 g/mol. The average molecular weight is 278 g/mol. The zero-order valence-electron chi connectivity index (χ0n) is 13.8. The van der Waals surface area contributed by atoms with Gasteiger partial charge < -0.3 is 5.32 Å². The second-order valence-electron chi connectivity index (χ2n) is 8.53. The summed E-state index contributed by atoms with van der Waals surface area (Å²) in [6.45, 7) is 10.00. The predicted molar refractivity (Wildman–Crippen MR) is 86.0 cm³/mol. The van der Waals surface area contributed by atoms with Crippen LogP contribution in [0.1, 0.15) is 72.1 Å². The molecule has 3 rings (SSSR count). The number of rotatable bonds is 4. The van der Waals surface area contributed by atoms with Crippen molar-refractivity contribution in [3.8, 4) is 0 Å². The molecule has 3 unspecified atom stereocenters. The quantitative estimate of drug-likeness (QED) is 0.841. The van der Waals surface area contributed by atoms with Gasteiger partial charge in [0, 0.05) is 24.7 Å². The van der Waals surface area contributed by atoms with Crippen LogP contribution in [0.4, 0.5) is 0 Å². The Bertz CT molecular complexity index is 315. The van der Waals surface area contributed by atoms with Crippen LogP contribution in [0, 0.1) is 11.3 Å². The lowest BCUT2D eigenvalue weighted by atomic mass is 9.70. The minimum Gasteiger partial charge on any atom is -0.313 e. The van der Waals surface area contributed by atoms with Crippen LogP contribution in [0.3, 0.4) is 0 Å². The number of hydrogen-bond donors (Lipinski definition) is 1. The van der Waals surface area contributed by atoms with Gasteiger partial charge in [0.05, 0.1) is 0 Å². The Morgan fingerprint density at radius 1 is 1.10 bits per heavy atom. The van der Waals surface area contributed by atoms with Gasteiger partial charge in [-0.1, -0.05) is 27.2 Å². The van der Waals surface area contributed by atoms with E-state index in [1.807, 2.05) is 0 Å². The molecule has 0 bridgehead atoms. The van der Waals surface area contributed by atoms with E-state index in [0.717, 1.165) is 24.0 Å². The molecule has 1 N–H and O–H groups in total. The molecule has 0 aromatic carbocycles. The van der Waals surface area contributed by atoms with Crippen LogP contribution in [0.5, 0.6) is 0 Å². The van der Waals surface area contributed by atoms with Crippen LogP contribution in [0.15, 0.2) is 0 Å². The highest BCUT2D eigenvalue weighted by molar-refractivity contribution is 4.96. The number of nitrogens with one attached hydrogen (secondary N) is 1. The molecule has 1 saturated heterocycles. The second-order valence-corrected chi connectivity index (χ2v) is 8.53. The zero-order valence-corrected chi connectivity index (χ0v) is 13.8. The van der Waals surface area contributed by atoms with Crippen molar-refractivity contribution >= 4 is 0 Å². The van der Waals surface area contributed by atoms with Crippen LogP contribution < -0.4 is 5.32 Å². The predicted octanol–water partition coefficient (Wildman–Crippen LogP) is 3.81. The minimum absolute atomic E-state index is 0.578. The molecule has 2 aliphatic carbocycles. The van der Waals surface area contributed by atoms with Crippen LogP contribution in [0.25, 0.3) is 0 Å². The Balaban J connectivity index is 1.61. The summed E-state index contributed by atoms with van der Waals surface area (Å²) in [6.07, 6.45) is 11.4. The molecule has 116 valence electrons. The largest absolute Gasteiger partial charge is 0.313 e. The van der Waals surface area contributed by atoms with E-state index in [-0.39, 0.29) is 0 Å². The van der Waals surface area contributed by atoms with Crippen molar-refractivity contribution in [2.75, 3.05) is 13.1 Å². The van der Waals surface area contributed by atoms with Gasteiger partial charge in [-0.25, -0.2) is 0 Å². The molecule has 0 spiro atoms. The summed E-state index contributed by atoms with van der Waals surface area (Å²) in [5, 5.41) is 3.76. The molecule has 3 aliphatic rings. The Morgan fingerprint density at radius 2 is 1.90 bits per heavy atom. The van der Waals surface area contributed by atoms with Gasteiger partial charge in [0.25, 0.3) is 0 Å². The summed E-state index contributed by atoms with van der Waals surface area (Å²) >= 11 is 0. The Labute approximate surface area is 125 Å². The first-order valence-electron chi connectivity index (χ1n) is 9.04. The van der Waals surface area contributed by atoms with Gasteiger partial charge >= 0.3 is 0 Å². The third-order valence-electron chi connectivity index (χ3n) is 5.93. The SMILES string of the molecule is CC1CC(C)(C)CCC1N(CC1CCCCN1)C1CC1. The first kappa shape index (κ1) is 14.8. The summed E-state index contributed by atoms with van der Waals surface area (Å²) in [7, 11) is 0. The molecule has 1 heterocycles. The highest BCUT2D eigenvalue weighted by Gasteiger charge is 2.41. The van der Waals surface area contributed by atoms with Gasteiger partial charge in [-0.2, -0.15) is 0 Å². The second kappa shape index (κ2) is 5.96. The maximum atomic E-state index is 3.76. The van der Waals surface area contributed by atoms with E-state index in [9.17, 15) is 0 Å². The first-order valence-corrected chi connectivity index (χ1v) is 9.04. The fourth-order valence-electron chi connectivity index (χ4n) is 4.72. The monoisotopic (exact) mass is 278 g/mol. The van der Waals surface area contributed by atoms with E-state index in [1.165, 1.54) is 64.5 Å². The van der Waals surface area contributed by atoms with Gasteiger partial charge in [0.2, 0.25) is 0 Å². The van der Waals surface area contributed by atoms with Crippen molar-refractivity contribution in [1.82, 2.24) is 10.2 Å². The van der Waals surface area contributed by atoms with Crippen LogP contribution in [-0.2, 0) is 0 Å².